The van der Waals surface area contributed by atoms with Crippen molar-refractivity contribution < 1.29 is 14.3 Å². The Hall–Kier alpha value is -3.91. The van der Waals surface area contributed by atoms with Crippen LogP contribution in [0.4, 0.5) is 15.3 Å². The molecule has 3 amide bonds. The zero-order chi connectivity index (χ0) is 20.4. The summed E-state index contributed by atoms with van der Waals surface area (Å²) in [6.45, 7) is 0. The molecule has 4 rings (SSSR count). The lowest BCUT2D eigenvalue weighted by molar-refractivity contribution is 0.211. The number of fused-ring (bicyclic) bond motifs is 1. The number of rotatable bonds is 4. The van der Waals surface area contributed by atoms with E-state index in [0.717, 1.165) is 15.8 Å². The number of benzene rings is 3. The van der Waals surface area contributed by atoms with E-state index in [9.17, 15) is 9.59 Å². The number of nitrogens with two attached hydrogens (primary N) is 2. The molecule has 0 aliphatic heterocycles. The van der Waals surface area contributed by atoms with E-state index in [4.69, 9.17) is 16.2 Å². The molecule has 29 heavy (non-hydrogen) atoms. The third kappa shape index (κ3) is 3.87. The number of anilines is 1. The molecule has 0 fully saturated rings. The lowest BCUT2D eigenvalue weighted by atomic mass is 10.1. The summed E-state index contributed by atoms with van der Waals surface area (Å²) in [6, 6.07) is 19.9. The first-order chi connectivity index (χ1) is 14.0. The molecule has 1 aromatic heterocycles. The first-order valence-electron chi connectivity index (χ1n) is 8.64. The predicted octanol–water partition coefficient (Wildman–Crippen LogP) is 4.58. The van der Waals surface area contributed by atoms with Crippen molar-refractivity contribution in [2.24, 2.45) is 11.5 Å². The van der Waals surface area contributed by atoms with Crippen LogP contribution < -0.4 is 21.5 Å². The Bertz CT molecular complexity index is 1220. The maximum absolute atomic E-state index is 11.4. The van der Waals surface area contributed by atoms with E-state index in [2.05, 4.69) is 10.3 Å². The molecule has 0 atom stereocenters. The van der Waals surface area contributed by atoms with E-state index >= 15 is 0 Å². The van der Waals surface area contributed by atoms with E-state index in [1.165, 1.54) is 11.3 Å². The minimum absolute atomic E-state index is 0.275. The van der Waals surface area contributed by atoms with Crippen LogP contribution in [0.1, 0.15) is 0 Å². The molecule has 0 bridgehead atoms. The molecule has 0 aliphatic rings. The highest BCUT2D eigenvalue weighted by Gasteiger charge is 2.17. The molecular formula is C21H16N4O3S. The van der Waals surface area contributed by atoms with Gasteiger partial charge in [0.05, 0.1) is 10.4 Å². The van der Waals surface area contributed by atoms with Gasteiger partial charge in [-0.05, 0) is 35.4 Å². The van der Waals surface area contributed by atoms with Crippen molar-refractivity contribution in [3.63, 3.8) is 0 Å². The number of hydrogen-bond acceptors (Lipinski definition) is 5. The molecule has 0 saturated heterocycles. The third-order valence-corrected chi connectivity index (χ3v) is 5.23. The third-order valence-electron chi connectivity index (χ3n) is 4.19. The summed E-state index contributed by atoms with van der Waals surface area (Å²) in [5, 5.41) is 3.24. The molecular weight excluding hydrogens is 388 g/mol. The number of amides is 3. The number of carbonyl (C=O) groups is 2. The fraction of sp³-hybridized carbons (Fsp3) is 0. The second-order valence-corrected chi connectivity index (χ2v) is 7.19. The van der Waals surface area contributed by atoms with Crippen molar-refractivity contribution in [3.05, 3.63) is 66.7 Å². The number of nitrogens with zero attached hydrogens (tertiary/aromatic N) is 1. The van der Waals surface area contributed by atoms with Gasteiger partial charge in [-0.1, -0.05) is 42.5 Å². The highest BCUT2D eigenvalue weighted by atomic mass is 32.1. The number of ether oxygens (including phenoxy) is 1. The topological polar surface area (TPSA) is 120 Å². The standard InChI is InChI=1S/C21H16N4O3S/c22-20(26)24-15-9-5-4-8-14(15)19-25-18-16(28-21(23)27)10-13(11-17(18)29-19)12-6-2-1-3-7-12/h1-11H,(H2,23,27)(H3,22,24,26). The normalized spacial score (nSPS) is 10.6. The number of para-hydroxylation sites is 1. The number of thiazole rings is 1. The number of hydrogen-bond donors (Lipinski definition) is 3. The Morgan fingerprint density at radius 2 is 1.66 bits per heavy atom. The molecule has 7 nitrogen and oxygen atoms in total. The van der Waals surface area contributed by atoms with Crippen LogP contribution in [-0.4, -0.2) is 17.1 Å². The molecule has 1 heterocycles. The van der Waals surface area contributed by atoms with Crippen molar-refractivity contribution in [1.82, 2.24) is 4.98 Å². The Labute approximate surface area is 169 Å². The van der Waals surface area contributed by atoms with E-state index < -0.39 is 12.1 Å². The lowest BCUT2D eigenvalue weighted by Crippen LogP contribution is -2.19. The van der Waals surface area contributed by atoms with Crippen molar-refractivity contribution >= 4 is 39.4 Å². The highest BCUT2D eigenvalue weighted by Crippen LogP contribution is 2.40. The summed E-state index contributed by atoms with van der Waals surface area (Å²) in [5.41, 5.74) is 14.1. The summed E-state index contributed by atoms with van der Waals surface area (Å²) in [4.78, 5) is 27.4. The van der Waals surface area contributed by atoms with Crippen LogP contribution in [0.15, 0.2) is 66.7 Å². The molecule has 0 saturated carbocycles. The number of primary amides is 2. The van der Waals surface area contributed by atoms with E-state index in [-0.39, 0.29) is 5.75 Å². The zero-order valence-electron chi connectivity index (χ0n) is 15.1. The van der Waals surface area contributed by atoms with Gasteiger partial charge in [-0.25, -0.2) is 14.6 Å². The molecule has 144 valence electrons. The Morgan fingerprint density at radius 1 is 0.931 bits per heavy atom. The predicted molar refractivity (Wildman–Crippen MR) is 114 cm³/mol. The summed E-state index contributed by atoms with van der Waals surface area (Å²) in [6.07, 6.45) is -0.915. The van der Waals surface area contributed by atoms with Crippen LogP contribution >= 0.6 is 11.3 Å². The van der Waals surface area contributed by atoms with Gasteiger partial charge < -0.3 is 21.5 Å². The average Bonchev–Trinajstić information content (AvgIpc) is 3.12. The molecule has 0 spiro atoms. The van der Waals surface area contributed by atoms with Gasteiger partial charge in [0, 0.05) is 5.56 Å². The van der Waals surface area contributed by atoms with Crippen molar-refractivity contribution in [1.29, 1.82) is 0 Å². The van der Waals surface area contributed by atoms with Crippen LogP contribution in [0, 0.1) is 0 Å². The van der Waals surface area contributed by atoms with Gasteiger partial charge >= 0.3 is 12.1 Å². The molecule has 8 heteroatoms. The first-order valence-corrected chi connectivity index (χ1v) is 9.46. The molecule has 3 aromatic carbocycles. The number of carbonyl (C=O) groups excluding carboxylic acids is 2. The largest absolute Gasteiger partial charge is 0.410 e. The van der Waals surface area contributed by atoms with E-state index in [1.807, 2.05) is 48.5 Å². The second-order valence-electron chi connectivity index (χ2n) is 6.16. The molecule has 4 aromatic rings. The Kier molecular flexibility index (Phi) is 4.84. The Morgan fingerprint density at radius 3 is 2.38 bits per heavy atom. The smallest absolute Gasteiger partial charge is 0.408 e. The summed E-state index contributed by atoms with van der Waals surface area (Å²) < 4.78 is 6.04. The first kappa shape index (κ1) is 18.5. The van der Waals surface area contributed by atoms with Crippen LogP contribution in [0.25, 0.3) is 31.9 Å². The van der Waals surface area contributed by atoms with Gasteiger partial charge in [-0.3, -0.25) is 0 Å². The molecule has 0 aliphatic carbocycles. The minimum atomic E-state index is -0.915. The fourth-order valence-corrected chi connectivity index (χ4v) is 4.07. The Balaban J connectivity index is 1.89. The summed E-state index contributed by atoms with van der Waals surface area (Å²) in [5.74, 6) is 0.275. The quantitative estimate of drug-likeness (QED) is 0.461. The van der Waals surface area contributed by atoms with Crippen molar-refractivity contribution in [2.75, 3.05) is 5.32 Å². The number of aromatic nitrogens is 1. The number of urea groups is 1. The van der Waals surface area contributed by atoms with Crippen molar-refractivity contribution in [3.8, 4) is 27.4 Å². The van der Waals surface area contributed by atoms with Crippen LogP contribution in [0.2, 0.25) is 0 Å². The highest BCUT2D eigenvalue weighted by molar-refractivity contribution is 7.21. The van der Waals surface area contributed by atoms with Gasteiger partial charge in [0.25, 0.3) is 0 Å². The van der Waals surface area contributed by atoms with Gasteiger partial charge in [0.2, 0.25) is 0 Å². The summed E-state index contributed by atoms with van der Waals surface area (Å²) >= 11 is 1.41. The lowest BCUT2D eigenvalue weighted by Gasteiger charge is -2.07. The second kappa shape index (κ2) is 7.61. The van der Waals surface area contributed by atoms with Gasteiger partial charge in [-0.2, -0.15) is 0 Å². The van der Waals surface area contributed by atoms with Crippen LogP contribution in [0.3, 0.4) is 0 Å². The monoisotopic (exact) mass is 404 g/mol. The van der Waals surface area contributed by atoms with Crippen molar-refractivity contribution in [2.45, 2.75) is 0 Å². The summed E-state index contributed by atoms with van der Waals surface area (Å²) in [7, 11) is 0. The SMILES string of the molecule is NC(=O)Nc1ccccc1-c1nc2c(OC(N)=O)cc(-c3ccccc3)cc2s1. The van der Waals surface area contributed by atoms with Gasteiger partial charge in [0.15, 0.2) is 5.75 Å². The molecule has 5 N–H and O–H groups in total. The maximum atomic E-state index is 11.4. The van der Waals surface area contributed by atoms with E-state index in [0.29, 0.717) is 21.8 Å². The number of nitrogens with one attached hydrogen (secondary N) is 1. The molecule has 0 radical (unpaired) electrons. The van der Waals surface area contributed by atoms with E-state index in [1.54, 1.807) is 18.2 Å². The molecule has 0 unspecified atom stereocenters. The van der Waals surface area contributed by atoms with Crippen LogP contribution in [-0.2, 0) is 0 Å². The maximum Gasteiger partial charge on any atom is 0.410 e. The van der Waals surface area contributed by atoms with Gasteiger partial charge in [-0.15, -0.1) is 11.3 Å². The fourth-order valence-electron chi connectivity index (χ4n) is 3.01. The average molecular weight is 404 g/mol. The van der Waals surface area contributed by atoms with Crippen LogP contribution in [0.5, 0.6) is 5.75 Å². The zero-order valence-corrected chi connectivity index (χ0v) is 15.9. The minimum Gasteiger partial charge on any atom is -0.408 e. The van der Waals surface area contributed by atoms with Gasteiger partial charge in [0.1, 0.15) is 10.5 Å².